The zero-order valence-corrected chi connectivity index (χ0v) is 34.6. The summed E-state index contributed by atoms with van der Waals surface area (Å²) in [4.78, 5) is 59.5. The van der Waals surface area contributed by atoms with Gasteiger partial charge in [0.25, 0.3) is 11.9 Å². The number of carbonyl (C=O) groups is 2. The summed E-state index contributed by atoms with van der Waals surface area (Å²) in [5.74, 6) is 1.04. The number of allylic oxidation sites excluding steroid dienone is 2. The van der Waals surface area contributed by atoms with Crippen LogP contribution in [0.2, 0.25) is 0 Å². The largest absolute Gasteiger partial charge is 0.481 e. The topological polar surface area (TPSA) is 199 Å². The molecule has 0 atom stereocenters. The summed E-state index contributed by atoms with van der Waals surface area (Å²) in [6.45, 7) is 2.66. The molecule has 0 fully saturated rings. The maximum atomic E-state index is 10.1. The Bertz CT molecular complexity index is 2550. The van der Waals surface area contributed by atoms with Crippen molar-refractivity contribution in [3.8, 4) is 45.6 Å². The van der Waals surface area contributed by atoms with Crippen molar-refractivity contribution in [2.24, 2.45) is 0 Å². The van der Waals surface area contributed by atoms with E-state index in [0.717, 1.165) is 56.0 Å². The predicted octanol–water partition coefficient (Wildman–Crippen LogP) is 7.37. The molecular weight excluding hydrogens is 891 g/mol. The number of aliphatic hydroxyl groups is 2. The average molecular weight is 923 g/mol. The van der Waals surface area contributed by atoms with E-state index in [2.05, 4.69) is 9.47 Å². The van der Waals surface area contributed by atoms with E-state index < -0.39 is 0 Å². The number of fused-ring (bicyclic) bond motifs is 20. The molecule has 2 N–H and O–H groups in total. The van der Waals surface area contributed by atoms with Gasteiger partial charge >= 0.3 is 0 Å². The second-order valence-corrected chi connectivity index (χ2v) is 12.3. The fraction of sp³-hybridized carbons (Fsp3) is 0.0952. The van der Waals surface area contributed by atoms with Crippen molar-refractivity contribution in [1.82, 2.24) is 39.9 Å². The van der Waals surface area contributed by atoms with E-state index in [1.807, 2.05) is 97.1 Å². The van der Waals surface area contributed by atoms with Crippen molar-refractivity contribution in [2.75, 3.05) is 14.2 Å². The molecule has 0 unspecified atom stereocenters. The van der Waals surface area contributed by atoms with Crippen LogP contribution in [0.25, 0.3) is 89.7 Å². The molecule has 2 aliphatic rings. The van der Waals surface area contributed by atoms with Gasteiger partial charge in [-0.05, 0) is 35.4 Å². The van der Waals surface area contributed by atoms with Gasteiger partial charge in [-0.25, -0.2) is 9.97 Å². The van der Waals surface area contributed by atoms with Gasteiger partial charge in [0.05, 0.1) is 49.7 Å². The molecule has 2 aliphatic heterocycles. The van der Waals surface area contributed by atoms with Crippen LogP contribution in [-0.4, -0.2) is 65.9 Å². The first-order chi connectivity index (χ1) is 27.1. The summed E-state index contributed by atoms with van der Waals surface area (Å²) in [7, 11) is 2.57. The summed E-state index contributed by atoms with van der Waals surface area (Å²) >= 11 is 0. The molecule has 57 heavy (non-hydrogen) atoms. The summed E-state index contributed by atoms with van der Waals surface area (Å²) in [6, 6.07) is 31.8. The van der Waals surface area contributed by atoms with Gasteiger partial charge in [-0.3, -0.25) is 9.59 Å². The second kappa shape index (κ2) is 17.3. The van der Waals surface area contributed by atoms with Crippen molar-refractivity contribution in [2.45, 2.75) is 13.8 Å². The summed E-state index contributed by atoms with van der Waals surface area (Å²) in [5.41, 5.74) is 5.78. The summed E-state index contributed by atoms with van der Waals surface area (Å²) in [6.07, 6.45) is 2.00. The quantitative estimate of drug-likeness (QED) is 0.101. The van der Waals surface area contributed by atoms with Crippen molar-refractivity contribution < 1.29 is 55.1 Å². The van der Waals surface area contributed by atoms with Gasteiger partial charge in [0.1, 0.15) is 0 Å². The number of benzene rings is 4. The zero-order valence-electron chi connectivity index (χ0n) is 31.0. The molecule has 9 rings (SSSR count). The number of hydrogen-bond acceptors (Lipinski definition) is 12. The third-order valence-corrected chi connectivity index (χ3v) is 8.40. The van der Waals surface area contributed by atoms with Gasteiger partial charge in [0.15, 0.2) is 11.6 Å². The van der Waals surface area contributed by atoms with E-state index in [1.54, 1.807) is 0 Å². The third kappa shape index (κ3) is 8.53. The number of nitrogens with zero attached hydrogens (tertiary/aromatic N) is 8. The van der Waals surface area contributed by atoms with Gasteiger partial charge in [-0.2, -0.15) is 0 Å². The van der Waals surface area contributed by atoms with Crippen molar-refractivity contribution in [1.29, 1.82) is 0 Å². The molecule has 282 valence electrons. The first-order valence-electron chi connectivity index (χ1n) is 17.1. The number of ether oxygens (including phenoxy) is 2. The van der Waals surface area contributed by atoms with Crippen LogP contribution in [0, 0.1) is 0 Å². The maximum absolute atomic E-state index is 10.1. The SMILES string of the molecule is COC(O)=CC(C)=O.COC(O)=CC(C)=O.[Hf].c1ccc2c(c1)-c1nc-2nc2[n-]c(nc3nc(nc4[n-]c(n1)c1ccccc41)-c1ccccc1-3)c1ccccc21. The van der Waals surface area contributed by atoms with Crippen LogP contribution < -0.4 is 9.97 Å². The number of aliphatic hydroxyl groups excluding tert-OH is 2. The molecule has 7 aromatic rings. The van der Waals surface area contributed by atoms with E-state index in [4.69, 9.17) is 50.1 Å². The molecular formula is C42H32HfN8O6-2. The standard InChI is InChI=1S/C32H16N8.2C5H8O3.Hf/c1-2-10-18-17(9-1)25-33-26(18)38-28-21-13-5-6-14-22(21)30(35-28)40-32-24-16-8-7-15-23(24)31(36-32)39-29-20-12-4-3-11-19(20)27(34-29)37-25;2*1-4(6)3-5(7)8-2;/h1-16H;2*3,7H,1-2H3;/q-2;;;. The third-order valence-electron chi connectivity index (χ3n) is 8.40. The molecule has 15 heteroatoms. The Morgan fingerprint density at radius 1 is 0.474 bits per heavy atom. The predicted molar refractivity (Wildman–Crippen MR) is 211 cm³/mol. The van der Waals surface area contributed by atoms with Crippen LogP contribution in [0.3, 0.4) is 0 Å². The van der Waals surface area contributed by atoms with E-state index in [0.29, 0.717) is 45.9 Å². The van der Waals surface area contributed by atoms with Crippen LogP contribution in [0.15, 0.2) is 121 Å². The Balaban J connectivity index is 0.000000275. The Kier molecular flexibility index (Phi) is 12.1. The Morgan fingerprint density at radius 3 is 0.930 bits per heavy atom. The van der Waals surface area contributed by atoms with Gasteiger partial charge in [0, 0.05) is 70.7 Å². The Hall–Kier alpha value is -6.87. The van der Waals surface area contributed by atoms with E-state index in [-0.39, 0.29) is 49.3 Å². The fourth-order valence-electron chi connectivity index (χ4n) is 5.92. The number of rotatable bonds is 4. The van der Waals surface area contributed by atoms with Gasteiger partial charge < -0.3 is 49.6 Å². The molecule has 3 aromatic heterocycles. The van der Waals surface area contributed by atoms with Crippen LogP contribution in [0.1, 0.15) is 13.8 Å². The number of hydrogen-bond donors (Lipinski definition) is 2. The number of carbonyl (C=O) groups excluding carboxylic acids is 2. The molecule has 8 bridgehead atoms. The van der Waals surface area contributed by atoms with Gasteiger partial charge in [-0.1, -0.05) is 97.1 Å². The zero-order chi connectivity index (χ0) is 39.3. The minimum atomic E-state index is -0.350. The normalized spacial score (nSPS) is 11.5. The summed E-state index contributed by atoms with van der Waals surface area (Å²) < 4.78 is 8.51. The fourth-order valence-corrected chi connectivity index (χ4v) is 5.92. The molecule has 0 radical (unpaired) electrons. The molecule has 0 amide bonds. The van der Waals surface area contributed by atoms with Crippen LogP contribution in [0.4, 0.5) is 0 Å². The summed E-state index contributed by atoms with van der Waals surface area (Å²) in [5, 5.41) is 20.5. The Morgan fingerprint density at radius 2 is 0.719 bits per heavy atom. The van der Waals surface area contributed by atoms with Gasteiger partial charge in [0.2, 0.25) is 0 Å². The molecule has 0 aliphatic carbocycles. The first-order valence-corrected chi connectivity index (χ1v) is 17.1. The second-order valence-electron chi connectivity index (χ2n) is 12.3. The van der Waals surface area contributed by atoms with E-state index in [9.17, 15) is 9.59 Å². The molecule has 0 saturated heterocycles. The molecule has 0 spiro atoms. The number of methoxy groups -OCH3 is 2. The van der Waals surface area contributed by atoms with Gasteiger partial charge in [-0.15, -0.1) is 0 Å². The van der Waals surface area contributed by atoms with E-state index >= 15 is 0 Å². The number of aromatic nitrogens is 8. The monoisotopic (exact) mass is 924 g/mol. The molecule has 4 aromatic carbocycles. The van der Waals surface area contributed by atoms with Crippen molar-refractivity contribution in [3.05, 3.63) is 121 Å². The van der Waals surface area contributed by atoms with Crippen molar-refractivity contribution >= 4 is 55.7 Å². The maximum Gasteiger partial charge on any atom is 0.279 e. The van der Waals surface area contributed by atoms with Crippen LogP contribution >= 0.6 is 0 Å². The Labute approximate surface area is 343 Å². The van der Waals surface area contributed by atoms with E-state index in [1.165, 1.54) is 28.1 Å². The average Bonchev–Trinajstić information content (AvgIpc) is 3.94. The first kappa shape index (κ1) is 39.8. The molecule has 5 heterocycles. The molecule has 0 saturated carbocycles. The smallest absolute Gasteiger partial charge is 0.279 e. The minimum Gasteiger partial charge on any atom is -0.481 e. The van der Waals surface area contributed by atoms with Crippen LogP contribution in [-0.2, 0) is 44.9 Å². The van der Waals surface area contributed by atoms with Crippen LogP contribution in [0.5, 0.6) is 0 Å². The van der Waals surface area contributed by atoms with Crippen molar-refractivity contribution in [3.63, 3.8) is 0 Å². The number of ketones is 2. The minimum absolute atomic E-state index is 0. The molecule has 14 nitrogen and oxygen atoms in total.